The van der Waals surface area contributed by atoms with Crippen molar-refractivity contribution < 1.29 is 19.7 Å². The fraction of sp³-hybridized carbons (Fsp3) is 0.750. The summed E-state index contributed by atoms with van der Waals surface area (Å²) in [7, 11) is 0. The number of benzene rings is 1. The highest BCUT2D eigenvalue weighted by Gasteiger charge is 2.86. The summed E-state index contributed by atoms with van der Waals surface area (Å²) in [5.74, 6) is 0.179. The Hall–Kier alpha value is -1.18. The first kappa shape index (κ1) is 17.4. The van der Waals surface area contributed by atoms with E-state index in [-0.39, 0.29) is 30.1 Å². The zero-order valence-electron chi connectivity index (χ0n) is 17.4. The van der Waals surface area contributed by atoms with Gasteiger partial charge in [-0.1, -0.05) is 31.5 Å². The van der Waals surface area contributed by atoms with Crippen molar-refractivity contribution in [1.29, 1.82) is 0 Å². The maximum atomic E-state index is 11.8. The van der Waals surface area contributed by atoms with Crippen molar-refractivity contribution >= 4 is 5.69 Å². The second-order valence-electron chi connectivity index (χ2n) is 10.9. The van der Waals surface area contributed by atoms with E-state index in [2.05, 4.69) is 41.0 Å². The molecule has 6 heterocycles. The first-order chi connectivity index (χ1) is 14.6. The number of para-hydroxylation sites is 1. The van der Waals surface area contributed by atoms with Gasteiger partial charge in [-0.05, 0) is 42.9 Å². The normalized spacial score (nSPS) is 56.4. The molecule has 5 saturated heterocycles. The second-order valence-corrected chi connectivity index (χ2v) is 10.9. The summed E-state index contributed by atoms with van der Waals surface area (Å²) in [6.07, 6.45) is 3.39. The van der Waals surface area contributed by atoms with Gasteiger partial charge in [-0.25, -0.2) is 0 Å². The number of nitrogens with zero attached hydrogens (tertiary/aromatic N) is 2. The minimum atomic E-state index is -1.25. The molecule has 0 unspecified atom stereocenters. The van der Waals surface area contributed by atoms with E-state index < -0.39 is 17.6 Å². The van der Waals surface area contributed by atoms with Crippen LogP contribution in [0, 0.1) is 17.8 Å². The summed E-state index contributed by atoms with van der Waals surface area (Å²) < 4.78 is 13.4. The van der Waals surface area contributed by atoms with E-state index in [1.54, 1.807) is 0 Å². The smallest absolute Gasteiger partial charge is 0.189 e. The highest BCUT2D eigenvalue weighted by molar-refractivity contribution is 5.72. The molecule has 30 heavy (non-hydrogen) atoms. The minimum absolute atomic E-state index is 0.0465. The Morgan fingerprint density at radius 1 is 1.23 bits per heavy atom. The van der Waals surface area contributed by atoms with Crippen molar-refractivity contribution in [2.75, 3.05) is 24.6 Å². The van der Waals surface area contributed by atoms with Gasteiger partial charge < -0.3 is 24.6 Å². The molecular formula is C24H30N2O4. The quantitative estimate of drug-likeness (QED) is 0.769. The van der Waals surface area contributed by atoms with E-state index in [1.165, 1.54) is 30.6 Å². The van der Waals surface area contributed by atoms with Crippen molar-refractivity contribution in [1.82, 2.24) is 4.90 Å². The van der Waals surface area contributed by atoms with Gasteiger partial charge in [0.25, 0.3) is 0 Å². The number of hydrogen-bond donors (Lipinski definition) is 2. The molecule has 6 aliphatic heterocycles. The third-order valence-corrected chi connectivity index (χ3v) is 10.3. The molecular weight excluding hydrogens is 380 g/mol. The van der Waals surface area contributed by atoms with Crippen LogP contribution in [-0.4, -0.2) is 70.6 Å². The molecule has 2 N–H and O–H groups in total. The van der Waals surface area contributed by atoms with Gasteiger partial charge in [0.1, 0.15) is 18.2 Å². The Morgan fingerprint density at radius 3 is 2.93 bits per heavy atom. The minimum Gasteiger partial charge on any atom is -0.394 e. The van der Waals surface area contributed by atoms with E-state index in [1.807, 2.05) is 0 Å². The second kappa shape index (κ2) is 5.07. The fourth-order valence-corrected chi connectivity index (χ4v) is 9.59. The summed E-state index contributed by atoms with van der Waals surface area (Å²) in [6, 6.07) is 9.12. The molecule has 6 fully saturated rings. The number of ether oxygens (including phenoxy) is 2. The zero-order valence-corrected chi connectivity index (χ0v) is 17.4. The van der Waals surface area contributed by atoms with E-state index in [0.29, 0.717) is 24.3 Å². The number of anilines is 1. The molecule has 4 bridgehead atoms. The lowest BCUT2D eigenvalue weighted by Crippen LogP contribution is -2.77. The Labute approximate surface area is 176 Å². The van der Waals surface area contributed by atoms with Gasteiger partial charge in [0, 0.05) is 30.6 Å². The van der Waals surface area contributed by atoms with E-state index >= 15 is 0 Å². The number of piperidine rings is 2. The Kier molecular flexibility index (Phi) is 2.94. The number of aliphatic hydroxyl groups is 2. The van der Waals surface area contributed by atoms with Gasteiger partial charge in [-0.3, -0.25) is 4.90 Å². The first-order valence-corrected chi connectivity index (χ1v) is 11.9. The molecule has 8 rings (SSSR count). The summed E-state index contributed by atoms with van der Waals surface area (Å²) in [5, 5.41) is 21.9. The van der Waals surface area contributed by atoms with Gasteiger partial charge in [-0.2, -0.15) is 0 Å². The number of fused-ring (bicyclic) bond motifs is 3. The Morgan fingerprint density at radius 2 is 2.10 bits per heavy atom. The molecule has 2 spiro atoms. The average molecular weight is 411 g/mol. The first-order valence-electron chi connectivity index (χ1n) is 11.9. The molecule has 10 atom stereocenters. The molecule has 1 aliphatic carbocycles. The van der Waals surface area contributed by atoms with Gasteiger partial charge in [-0.15, -0.1) is 0 Å². The van der Waals surface area contributed by atoms with Crippen molar-refractivity contribution in [2.45, 2.75) is 73.8 Å². The Balaban J connectivity index is 1.44. The molecule has 6 nitrogen and oxygen atoms in total. The van der Waals surface area contributed by atoms with Crippen LogP contribution in [0.25, 0.3) is 0 Å². The standard InChI is InChI=1S/C24H30N2O4/c1-2-13-11-25-8-7-22-15-5-3-4-6-17(15)26-21-20-18(12-27)29-23(21,28)10-16(24(22,26)30-20)14(13)9-19(22)25/h3-6,13-14,16,18-21,27-28H,2,7-12H2,1H3/t13-,14+,16+,18+,19+,20-,21-,22-,23-,24-/m1/s1. The molecule has 1 aromatic rings. The number of aliphatic hydroxyl groups excluding tert-OH is 1. The van der Waals surface area contributed by atoms with E-state index in [4.69, 9.17) is 9.47 Å². The highest BCUT2D eigenvalue weighted by atomic mass is 16.7. The molecule has 0 radical (unpaired) electrons. The van der Waals surface area contributed by atoms with Crippen molar-refractivity contribution in [2.24, 2.45) is 17.8 Å². The van der Waals surface area contributed by atoms with Crippen molar-refractivity contribution in [3.8, 4) is 0 Å². The predicted molar refractivity (Wildman–Crippen MR) is 109 cm³/mol. The summed E-state index contributed by atoms with van der Waals surface area (Å²) >= 11 is 0. The van der Waals surface area contributed by atoms with Crippen LogP contribution in [0.4, 0.5) is 5.69 Å². The predicted octanol–water partition coefficient (Wildman–Crippen LogP) is 1.44. The lowest BCUT2D eigenvalue weighted by atomic mass is 9.50. The van der Waals surface area contributed by atoms with Crippen LogP contribution in [0.1, 0.15) is 38.2 Å². The van der Waals surface area contributed by atoms with Gasteiger partial charge in [0.2, 0.25) is 0 Å². The van der Waals surface area contributed by atoms with Crippen LogP contribution >= 0.6 is 0 Å². The molecule has 7 aliphatic rings. The molecule has 0 aromatic heterocycles. The molecule has 1 aromatic carbocycles. The van der Waals surface area contributed by atoms with Gasteiger partial charge >= 0.3 is 0 Å². The number of hydrogen-bond acceptors (Lipinski definition) is 6. The average Bonchev–Trinajstić information content (AvgIpc) is 3.43. The molecule has 1 saturated carbocycles. The lowest BCUT2D eigenvalue weighted by molar-refractivity contribution is -0.287. The molecule has 160 valence electrons. The van der Waals surface area contributed by atoms with Crippen molar-refractivity contribution in [3.05, 3.63) is 29.8 Å². The van der Waals surface area contributed by atoms with Crippen LogP contribution in [0.2, 0.25) is 0 Å². The van der Waals surface area contributed by atoms with Crippen molar-refractivity contribution in [3.63, 3.8) is 0 Å². The van der Waals surface area contributed by atoms with Gasteiger partial charge in [0.05, 0.1) is 12.0 Å². The summed E-state index contributed by atoms with van der Waals surface area (Å²) in [4.78, 5) is 5.23. The zero-order chi connectivity index (χ0) is 20.0. The maximum Gasteiger partial charge on any atom is 0.189 e. The molecule has 0 amide bonds. The fourth-order valence-electron chi connectivity index (χ4n) is 9.59. The van der Waals surface area contributed by atoms with Crippen LogP contribution in [0.5, 0.6) is 0 Å². The summed E-state index contributed by atoms with van der Waals surface area (Å²) in [5.41, 5.74) is 2.20. The SMILES string of the molecule is CC[C@@H]1CN2CC[C@]34c5ccccc5N5[C@@H]6[C@@H]7O[C@@]53[C@@H](C[C@@]6(O)O[C@H]7CO)[C@H]1C[C@H]24. The largest absolute Gasteiger partial charge is 0.394 e. The van der Waals surface area contributed by atoms with Crippen LogP contribution < -0.4 is 4.90 Å². The third-order valence-electron chi connectivity index (χ3n) is 10.3. The van der Waals surface area contributed by atoms with Crippen LogP contribution in [0.3, 0.4) is 0 Å². The van der Waals surface area contributed by atoms with E-state index in [0.717, 1.165) is 13.0 Å². The maximum absolute atomic E-state index is 11.8. The van der Waals surface area contributed by atoms with Crippen LogP contribution in [0.15, 0.2) is 24.3 Å². The monoisotopic (exact) mass is 410 g/mol. The van der Waals surface area contributed by atoms with Crippen LogP contribution in [-0.2, 0) is 14.9 Å². The molecule has 6 heteroatoms. The summed E-state index contributed by atoms with van der Waals surface area (Å²) in [6.45, 7) is 4.52. The topological polar surface area (TPSA) is 65.4 Å². The third kappa shape index (κ3) is 1.48. The lowest BCUT2D eigenvalue weighted by Gasteiger charge is -2.65. The number of rotatable bonds is 2. The highest BCUT2D eigenvalue weighted by Crippen LogP contribution is 2.75. The van der Waals surface area contributed by atoms with E-state index in [9.17, 15) is 10.2 Å². The van der Waals surface area contributed by atoms with Gasteiger partial charge in [0.15, 0.2) is 11.5 Å². The Bertz CT molecular complexity index is 957.